The fourth-order valence-electron chi connectivity index (χ4n) is 2.26. The number of rotatable bonds is 4. The molecular weight excluding hydrogens is 350 g/mol. The van der Waals surface area contributed by atoms with Gasteiger partial charge < -0.3 is 10.1 Å². The molecule has 0 spiro atoms. The third-order valence-corrected chi connectivity index (χ3v) is 4.31. The van der Waals surface area contributed by atoms with Gasteiger partial charge in [0, 0.05) is 6.07 Å². The van der Waals surface area contributed by atoms with Crippen molar-refractivity contribution in [3.63, 3.8) is 0 Å². The van der Waals surface area contributed by atoms with E-state index in [1.807, 2.05) is 0 Å². The van der Waals surface area contributed by atoms with Gasteiger partial charge in [-0.15, -0.1) is 5.11 Å². The number of aromatic amines is 1. The van der Waals surface area contributed by atoms with Gasteiger partial charge in [0.1, 0.15) is 5.39 Å². The Morgan fingerprint density at radius 1 is 1.12 bits per heavy atom. The van der Waals surface area contributed by atoms with E-state index >= 15 is 0 Å². The third kappa shape index (κ3) is 3.18. The van der Waals surface area contributed by atoms with Gasteiger partial charge in [0.05, 0.1) is 21.0 Å². The Morgan fingerprint density at radius 3 is 2.40 bits per heavy atom. The van der Waals surface area contributed by atoms with Crippen LogP contribution in [-0.4, -0.2) is 23.4 Å². The maximum absolute atomic E-state index is 11.2. The van der Waals surface area contributed by atoms with Crippen molar-refractivity contribution >= 4 is 38.0 Å². The zero-order valence-electron chi connectivity index (χ0n) is 12.4. The predicted molar refractivity (Wildman–Crippen MR) is 88.6 cm³/mol. The molecule has 2 aromatic carbocycles. The Bertz CT molecular complexity index is 1100. The highest BCUT2D eigenvalue weighted by atomic mass is 32.2. The van der Waals surface area contributed by atoms with E-state index in [9.17, 15) is 23.6 Å². The first-order chi connectivity index (χ1) is 11.8. The number of nitro groups is 1. The molecule has 0 aliphatic carbocycles. The minimum Gasteiger partial charge on any atom is -0.493 e. The van der Waals surface area contributed by atoms with Gasteiger partial charge in [-0.05, 0) is 30.3 Å². The highest BCUT2D eigenvalue weighted by Gasteiger charge is 2.20. The summed E-state index contributed by atoms with van der Waals surface area (Å²) in [5.74, 6) is -0.366. The number of nitrogens with two attached hydrogens (primary N) is 1. The van der Waals surface area contributed by atoms with Crippen molar-refractivity contribution in [2.45, 2.75) is 4.90 Å². The molecule has 4 N–H and O–H groups in total. The number of nitrogens with one attached hydrogen (secondary N) is 1. The van der Waals surface area contributed by atoms with E-state index < -0.39 is 14.9 Å². The Kier molecular flexibility index (Phi) is 3.94. The van der Waals surface area contributed by atoms with Crippen LogP contribution in [0.4, 0.5) is 17.1 Å². The van der Waals surface area contributed by atoms with Gasteiger partial charge in [0.2, 0.25) is 15.9 Å². The number of primary sulfonamides is 1. The topological polar surface area (TPSA) is 164 Å². The Hall–Kier alpha value is -3.31. The number of azo groups is 1. The Morgan fingerprint density at radius 2 is 1.80 bits per heavy atom. The molecule has 0 amide bonds. The first-order valence-electron chi connectivity index (χ1n) is 6.80. The van der Waals surface area contributed by atoms with Crippen LogP contribution >= 0.6 is 0 Å². The van der Waals surface area contributed by atoms with Crippen LogP contribution in [0.2, 0.25) is 0 Å². The summed E-state index contributed by atoms with van der Waals surface area (Å²) >= 11 is 0. The second-order valence-electron chi connectivity index (χ2n) is 5.02. The summed E-state index contributed by atoms with van der Waals surface area (Å²) < 4.78 is 22.4. The number of nitrogens with zero attached hydrogens (tertiary/aromatic N) is 3. The molecule has 0 fully saturated rings. The molecule has 0 atom stereocenters. The first kappa shape index (κ1) is 16.5. The zero-order chi connectivity index (χ0) is 18.2. The first-order valence-corrected chi connectivity index (χ1v) is 8.34. The quantitative estimate of drug-likeness (QED) is 0.369. The maximum atomic E-state index is 11.2. The summed E-state index contributed by atoms with van der Waals surface area (Å²) in [6, 6.07) is 9.55. The van der Waals surface area contributed by atoms with Gasteiger partial charge in [-0.3, -0.25) is 10.1 Å². The predicted octanol–water partition coefficient (Wildman–Crippen LogP) is 2.84. The van der Waals surface area contributed by atoms with E-state index in [-0.39, 0.29) is 33.2 Å². The molecule has 0 saturated carbocycles. The van der Waals surface area contributed by atoms with Crippen molar-refractivity contribution in [3.05, 3.63) is 52.6 Å². The smallest absolute Gasteiger partial charge is 0.281 e. The highest BCUT2D eigenvalue weighted by Crippen LogP contribution is 2.41. The SMILES string of the molecule is NS(=O)(=O)c1ccc(N=Nc2c(O)[nH]c3cccc([N+](=O)[O-])c23)cc1. The molecule has 0 aliphatic rings. The lowest BCUT2D eigenvalue weighted by atomic mass is 10.2. The fraction of sp³-hybridized carbons (Fsp3) is 0. The molecule has 11 heteroatoms. The number of sulfonamides is 1. The molecule has 128 valence electrons. The largest absolute Gasteiger partial charge is 0.493 e. The van der Waals surface area contributed by atoms with Gasteiger partial charge in [0.15, 0.2) is 5.69 Å². The van der Waals surface area contributed by atoms with Crippen LogP contribution in [0.1, 0.15) is 0 Å². The van der Waals surface area contributed by atoms with Gasteiger partial charge in [-0.2, -0.15) is 5.11 Å². The van der Waals surface area contributed by atoms with Crippen molar-refractivity contribution in [2.24, 2.45) is 15.4 Å². The lowest BCUT2D eigenvalue weighted by Gasteiger charge is -1.98. The van der Waals surface area contributed by atoms with Gasteiger partial charge in [-0.25, -0.2) is 13.6 Å². The fourth-order valence-corrected chi connectivity index (χ4v) is 2.77. The minimum atomic E-state index is -3.82. The molecule has 1 heterocycles. The molecule has 0 unspecified atom stereocenters. The number of H-pyrrole nitrogens is 1. The summed E-state index contributed by atoms with van der Waals surface area (Å²) in [5, 5.41) is 33.9. The molecule has 3 rings (SSSR count). The number of non-ortho nitro benzene ring substituents is 1. The number of hydrogen-bond acceptors (Lipinski definition) is 7. The molecule has 0 saturated heterocycles. The van der Waals surface area contributed by atoms with E-state index in [0.29, 0.717) is 5.52 Å². The van der Waals surface area contributed by atoms with Crippen LogP contribution in [0.25, 0.3) is 10.9 Å². The summed E-state index contributed by atoms with van der Waals surface area (Å²) in [4.78, 5) is 13.1. The van der Waals surface area contributed by atoms with E-state index in [2.05, 4.69) is 15.2 Å². The monoisotopic (exact) mass is 361 g/mol. The molecule has 0 radical (unpaired) electrons. The zero-order valence-corrected chi connectivity index (χ0v) is 13.3. The molecule has 0 bridgehead atoms. The average molecular weight is 361 g/mol. The van der Waals surface area contributed by atoms with Crippen LogP contribution in [0.3, 0.4) is 0 Å². The number of nitro benzene ring substituents is 1. The van der Waals surface area contributed by atoms with E-state index in [0.717, 1.165) is 0 Å². The van der Waals surface area contributed by atoms with Crippen molar-refractivity contribution in [1.82, 2.24) is 4.98 Å². The van der Waals surface area contributed by atoms with Crippen LogP contribution in [0.5, 0.6) is 5.88 Å². The standard InChI is InChI=1S/C14H11N5O5S/c15-25(23,24)9-6-4-8(5-7-9)17-18-13-12-10(16-14(13)20)2-1-3-11(12)19(21)22/h1-7,16,20H,(H2,15,23,24). The number of aromatic hydroxyl groups is 1. The summed E-state index contributed by atoms with van der Waals surface area (Å²) in [6.07, 6.45) is 0. The molecule has 3 aromatic rings. The molecular formula is C14H11N5O5S. The van der Waals surface area contributed by atoms with Crippen LogP contribution in [0, 0.1) is 10.1 Å². The summed E-state index contributed by atoms with van der Waals surface area (Å²) in [5.41, 5.74) is 0.301. The van der Waals surface area contributed by atoms with Crippen molar-refractivity contribution in [3.8, 4) is 5.88 Å². The highest BCUT2D eigenvalue weighted by molar-refractivity contribution is 7.89. The van der Waals surface area contributed by atoms with Gasteiger partial charge in [-0.1, -0.05) is 6.07 Å². The Labute approximate surface area is 140 Å². The minimum absolute atomic E-state index is 0.0853. The molecule has 1 aromatic heterocycles. The van der Waals surface area contributed by atoms with Crippen LogP contribution in [-0.2, 0) is 10.0 Å². The van der Waals surface area contributed by atoms with Crippen molar-refractivity contribution in [2.75, 3.05) is 0 Å². The number of hydrogen-bond donors (Lipinski definition) is 3. The van der Waals surface area contributed by atoms with Crippen LogP contribution in [0.15, 0.2) is 57.6 Å². The summed E-state index contributed by atoms with van der Waals surface area (Å²) in [7, 11) is -3.82. The maximum Gasteiger partial charge on any atom is 0.281 e. The second-order valence-corrected chi connectivity index (χ2v) is 6.58. The van der Waals surface area contributed by atoms with Crippen molar-refractivity contribution in [1.29, 1.82) is 0 Å². The lowest BCUT2D eigenvalue weighted by molar-refractivity contribution is -0.383. The van der Waals surface area contributed by atoms with E-state index in [1.54, 1.807) is 6.07 Å². The number of benzene rings is 2. The average Bonchev–Trinajstić information content (AvgIpc) is 2.87. The third-order valence-electron chi connectivity index (χ3n) is 3.38. The molecule has 0 aliphatic heterocycles. The molecule has 10 nitrogen and oxygen atoms in total. The number of aromatic nitrogens is 1. The van der Waals surface area contributed by atoms with Crippen LogP contribution < -0.4 is 5.14 Å². The second kappa shape index (κ2) is 5.96. The summed E-state index contributed by atoms with van der Waals surface area (Å²) in [6.45, 7) is 0. The van der Waals surface area contributed by atoms with E-state index in [1.165, 1.54) is 36.4 Å². The van der Waals surface area contributed by atoms with E-state index in [4.69, 9.17) is 5.14 Å². The van der Waals surface area contributed by atoms with Crippen molar-refractivity contribution < 1.29 is 18.4 Å². The number of fused-ring (bicyclic) bond motifs is 1. The molecule has 25 heavy (non-hydrogen) atoms. The normalized spacial score (nSPS) is 12.0. The van der Waals surface area contributed by atoms with Gasteiger partial charge in [0.25, 0.3) is 5.69 Å². The Balaban J connectivity index is 2.04. The lowest BCUT2D eigenvalue weighted by Crippen LogP contribution is -2.11. The van der Waals surface area contributed by atoms with Gasteiger partial charge >= 0.3 is 0 Å².